The third-order valence-electron chi connectivity index (χ3n) is 3.85. The highest BCUT2D eigenvalue weighted by Gasteiger charge is 2.29. The number of ether oxygens (including phenoxy) is 1. The van der Waals surface area contributed by atoms with Gasteiger partial charge in [0.1, 0.15) is 5.02 Å². The zero-order chi connectivity index (χ0) is 22.4. The molecule has 3 rings (SSSR count). The van der Waals surface area contributed by atoms with Gasteiger partial charge >= 0.3 is 6.18 Å². The van der Waals surface area contributed by atoms with Gasteiger partial charge in [-0.1, -0.05) is 23.7 Å². The molecule has 2 amide bonds. The number of carbonyl (C=O) groups is 2. The number of benzene rings is 1. The maximum atomic E-state index is 12.2. The third kappa shape index (κ3) is 6.48. The molecule has 0 aliphatic heterocycles. The first kappa shape index (κ1) is 22.2. The predicted molar refractivity (Wildman–Crippen MR) is 105 cm³/mol. The second-order valence-corrected chi connectivity index (χ2v) is 6.63. The molecular formula is C20H15ClF3N3O4. The highest BCUT2D eigenvalue weighted by atomic mass is 35.5. The summed E-state index contributed by atoms with van der Waals surface area (Å²) in [6.45, 7) is -1.38. The molecule has 0 radical (unpaired) electrons. The van der Waals surface area contributed by atoms with E-state index in [1.807, 2.05) is 0 Å². The molecule has 2 heterocycles. The maximum absolute atomic E-state index is 12.2. The van der Waals surface area contributed by atoms with Crippen LogP contribution in [0.3, 0.4) is 0 Å². The molecule has 1 aromatic carbocycles. The lowest BCUT2D eigenvalue weighted by molar-refractivity contribution is -0.154. The maximum Gasteiger partial charge on any atom is 0.422 e. The molecule has 11 heteroatoms. The lowest BCUT2D eigenvalue weighted by atomic mass is 10.2. The van der Waals surface area contributed by atoms with Gasteiger partial charge in [-0.25, -0.2) is 4.98 Å². The van der Waals surface area contributed by atoms with E-state index in [-0.39, 0.29) is 22.9 Å². The van der Waals surface area contributed by atoms with Crippen molar-refractivity contribution >= 4 is 29.1 Å². The average Bonchev–Trinajstić information content (AvgIpc) is 3.26. The van der Waals surface area contributed by atoms with E-state index in [9.17, 15) is 22.8 Å². The topological polar surface area (TPSA) is 93.5 Å². The number of halogens is 4. The van der Waals surface area contributed by atoms with E-state index in [1.54, 1.807) is 30.3 Å². The van der Waals surface area contributed by atoms with Crippen molar-refractivity contribution in [2.75, 3.05) is 11.9 Å². The SMILES string of the molecule is O=C(NCc1ccc(NC(=O)c2ccco2)cc1)c1cnc(OCC(F)(F)F)c(Cl)c1. The molecule has 0 unspecified atom stereocenters. The normalized spacial score (nSPS) is 11.1. The van der Waals surface area contributed by atoms with Crippen LogP contribution in [0.2, 0.25) is 5.02 Å². The van der Waals surface area contributed by atoms with Gasteiger partial charge in [-0.15, -0.1) is 0 Å². The van der Waals surface area contributed by atoms with Crippen LogP contribution >= 0.6 is 11.6 Å². The summed E-state index contributed by atoms with van der Waals surface area (Å²) in [6, 6.07) is 11.0. The van der Waals surface area contributed by atoms with E-state index in [0.29, 0.717) is 5.69 Å². The molecule has 162 valence electrons. The summed E-state index contributed by atoms with van der Waals surface area (Å²) in [7, 11) is 0. The molecule has 7 nitrogen and oxygen atoms in total. The second-order valence-electron chi connectivity index (χ2n) is 6.23. The Morgan fingerprint density at radius 1 is 1.13 bits per heavy atom. The molecule has 0 saturated heterocycles. The average molecular weight is 454 g/mol. The fraction of sp³-hybridized carbons (Fsp3) is 0.150. The molecule has 2 aromatic heterocycles. The summed E-state index contributed by atoms with van der Waals surface area (Å²) < 4.78 is 46.1. The minimum atomic E-state index is -4.53. The third-order valence-corrected chi connectivity index (χ3v) is 4.12. The fourth-order valence-corrected chi connectivity index (χ4v) is 2.62. The zero-order valence-electron chi connectivity index (χ0n) is 15.7. The van der Waals surface area contributed by atoms with Crippen LogP contribution in [-0.4, -0.2) is 29.6 Å². The van der Waals surface area contributed by atoms with Crippen molar-refractivity contribution in [3.05, 3.63) is 76.8 Å². The number of nitrogens with zero attached hydrogens (tertiary/aromatic N) is 1. The number of alkyl halides is 3. The number of pyridine rings is 1. The molecule has 0 aliphatic carbocycles. The minimum Gasteiger partial charge on any atom is -0.467 e. The van der Waals surface area contributed by atoms with E-state index in [2.05, 4.69) is 20.4 Å². The van der Waals surface area contributed by atoms with Gasteiger partial charge in [-0.2, -0.15) is 13.2 Å². The Morgan fingerprint density at radius 3 is 2.48 bits per heavy atom. The largest absolute Gasteiger partial charge is 0.467 e. The zero-order valence-corrected chi connectivity index (χ0v) is 16.5. The quantitative estimate of drug-likeness (QED) is 0.551. The number of rotatable bonds is 7. The van der Waals surface area contributed by atoms with Crippen molar-refractivity contribution in [2.24, 2.45) is 0 Å². The Kier molecular flexibility index (Phi) is 6.81. The second kappa shape index (κ2) is 9.52. The van der Waals surface area contributed by atoms with Gasteiger partial charge in [0.15, 0.2) is 12.4 Å². The van der Waals surface area contributed by atoms with Crippen molar-refractivity contribution in [3.63, 3.8) is 0 Å². The number of nitrogens with one attached hydrogen (secondary N) is 2. The van der Waals surface area contributed by atoms with Crippen LogP contribution in [0, 0.1) is 0 Å². The molecule has 0 spiro atoms. The van der Waals surface area contributed by atoms with Gasteiger partial charge in [0, 0.05) is 18.4 Å². The van der Waals surface area contributed by atoms with Gasteiger partial charge in [0.05, 0.1) is 11.8 Å². The molecule has 0 fully saturated rings. The van der Waals surface area contributed by atoms with Crippen LogP contribution in [0.25, 0.3) is 0 Å². The van der Waals surface area contributed by atoms with Gasteiger partial charge in [0.2, 0.25) is 5.88 Å². The van der Waals surface area contributed by atoms with Crippen molar-refractivity contribution in [1.82, 2.24) is 10.3 Å². The molecule has 0 bridgehead atoms. The lowest BCUT2D eigenvalue weighted by Crippen LogP contribution is -2.23. The first-order valence-electron chi connectivity index (χ1n) is 8.78. The van der Waals surface area contributed by atoms with E-state index in [0.717, 1.165) is 11.8 Å². The van der Waals surface area contributed by atoms with Crippen molar-refractivity contribution < 1.29 is 31.9 Å². The number of carbonyl (C=O) groups excluding carboxylic acids is 2. The number of amides is 2. The van der Waals surface area contributed by atoms with Crippen LogP contribution in [0.15, 0.2) is 59.3 Å². The monoisotopic (exact) mass is 453 g/mol. The summed E-state index contributed by atoms with van der Waals surface area (Å²) in [5.41, 5.74) is 1.35. The summed E-state index contributed by atoms with van der Waals surface area (Å²) in [4.78, 5) is 27.8. The van der Waals surface area contributed by atoms with Gasteiger partial charge < -0.3 is 19.8 Å². The lowest BCUT2D eigenvalue weighted by Gasteiger charge is -2.11. The number of anilines is 1. The first-order chi connectivity index (χ1) is 14.7. The molecule has 2 N–H and O–H groups in total. The Bertz CT molecular complexity index is 1050. The Labute approximate surface area is 179 Å². The summed E-state index contributed by atoms with van der Waals surface area (Å²) >= 11 is 5.84. The van der Waals surface area contributed by atoms with E-state index < -0.39 is 30.5 Å². The molecular weight excluding hydrogens is 439 g/mol. The van der Waals surface area contributed by atoms with E-state index in [1.165, 1.54) is 18.4 Å². The molecule has 0 atom stereocenters. The first-order valence-corrected chi connectivity index (χ1v) is 9.16. The van der Waals surface area contributed by atoms with Crippen LogP contribution in [0.1, 0.15) is 26.5 Å². The highest BCUT2D eigenvalue weighted by Crippen LogP contribution is 2.25. The van der Waals surface area contributed by atoms with Crippen molar-refractivity contribution in [2.45, 2.75) is 12.7 Å². The van der Waals surface area contributed by atoms with E-state index >= 15 is 0 Å². The smallest absolute Gasteiger partial charge is 0.422 e. The molecule has 0 aliphatic rings. The highest BCUT2D eigenvalue weighted by molar-refractivity contribution is 6.32. The van der Waals surface area contributed by atoms with Crippen molar-refractivity contribution in [1.29, 1.82) is 0 Å². The molecule has 31 heavy (non-hydrogen) atoms. The number of furan rings is 1. The summed E-state index contributed by atoms with van der Waals surface area (Å²) in [5, 5.41) is 5.09. The number of hydrogen-bond donors (Lipinski definition) is 2. The van der Waals surface area contributed by atoms with E-state index in [4.69, 9.17) is 16.0 Å². The van der Waals surface area contributed by atoms with Crippen molar-refractivity contribution in [3.8, 4) is 5.88 Å². The van der Waals surface area contributed by atoms with Crippen LogP contribution in [-0.2, 0) is 6.54 Å². The minimum absolute atomic E-state index is 0.0618. The van der Waals surface area contributed by atoms with Crippen LogP contribution < -0.4 is 15.4 Å². The standard InChI is InChI=1S/C20H15ClF3N3O4/c21-15-8-13(10-26-19(15)31-11-20(22,23)24)17(28)25-9-12-3-5-14(6-4-12)27-18(29)16-2-1-7-30-16/h1-8,10H,9,11H2,(H,25,28)(H,27,29). The molecule has 0 saturated carbocycles. The predicted octanol–water partition coefficient (Wildman–Crippen LogP) is 4.45. The Morgan fingerprint density at radius 2 is 1.87 bits per heavy atom. The van der Waals surface area contributed by atoms with Gasteiger partial charge in [0.25, 0.3) is 11.8 Å². The molecule has 3 aromatic rings. The Balaban J connectivity index is 1.53. The Hall–Kier alpha value is -3.53. The number of aromatic nitrogens is 1. The van der Waals surface area contributed by atoms with Crippen LogP contribution in [0.5, 0.6) is 5.88 Å². The number of hydrogen-bond acceptors (Lipinski definition) is 5. The summed E-state index contributed by atoms with van der Waals surface area (Å²) in [5.74, 6) is -1.15. The van der Waals surface area contributed by atoms with Gasteiger partial charge in [-0.05, 0) is 35.9 Å². The van der Waals surface area contributed by atoms with Crippen LogP contribution in [0.4, 0.5) is 18.9 Å². The fourth-order valence-electron chi connectivity index (χ4n) is 2.40. The van der Waals surface area contributed by atoms with Gasteiger partial charge in [-0.3, -0.25) is 9.59 Å². The summed E-state index contributed by atoms with van der Waals surface area (Å²) in [6.07, 6.45) is -2.06.